The topological polar surface area (TPSA) is 48.5 Å². The number of nitrogens with one attached hydrogen (secondary N) is 1. The van der Waals surface area contributed by atoms with Gasteiger partial charge in [-0.1, -0.05) is 17.4 Å². The Balaban J connectivity index is 1.47. The molecule has 22 heavy (non-hydrogen) atoms. The first-order valence-corrected chi connectivity index (χ1v) is 8.63. The molecule has 0 radical (unpaired) electrons. The quantitative estimate of drug-likeness (QED) is 0.927. The van der Waals surface area contributed by atoms with Gasteiger partial charge in [0.25, 0.3) is 0 Å². The molecule has 6 heteroatoms. The molecular weight excluding hydrogens is 296 g/mol. The molecule has 3 aliphatic heterocycles. The normalized spacial score (nSPS) is 27.0. The van der Waals surface area contributed by atoms with Crippen LogP contribution in [0.3, 0.4) is 0 Å². The van der Waals surface area contributed by atoms with Crippen LogP contribution in [0.25, 0.3) is 10.2 Å². The lowest BCUT2D eigenvalue weighted by Crippen LogP contribution is -2.58. The fourth-order valence-corrected chi connectivity index (χ4v) is 4.54. The van der Waals surface area contributed by atoms with E-state index in [-0.39, 0.29) is 6.03 Å². The standard InChI is InChI=1S/C16H20N4OS/c1-19(13-10-20-7-4-11(13)5-8-20)16(21)18-14-9-12-3-2-6-17-15(12)22-14/h2-3,6,9,11,13H,4-5,7-8,10H2,1H3,(H,18,21). The van der Waals surface area contributed by atoms with E-state index in [2.05, 4.69) is 15.2 Å². The van der Waals surface area contributed by atoms with Crippen LogP contribution in [0.5, 0.6) is 0 Å². The maximum absolute atomic E-state index is 12.5. The van der Waals surface area contributed by atoms with E-state index in [0.29, 0.717) is 12.0 Å². The first-order valence-electron chi connectivity index (χ1n) is 7.81. The molecule has 116 valence electrons. The molecule has 0 spiro atoms. The van der Waals surface area contributed by atoms with Gasteiger partial charge in [-0.2, -0.15) is 0 Å². The number of urea groups is 1. The number of rotatable bonds is 2. The number of anilines is 1. The highest BCUT2D eigenvalue weighted by molar-refractivity contribution is 7.22. The lowest BCUT2D eigenvalue weighted by atomic mass is 9.83. The van der Waals surface area contributed by atoms with Gasteiger partial charge in [-0.3, -0.25) is 5.32 Å². The molecule has 5 heterocycles. The van der Waals surface area contributed by atoms with Gasteiger partial charge in [0.2, 0.25) is 0 Å². The van der Waals surface area contributed by atoms with Crippen molar-refractivity contribution in [3.63, 3.8) is 0 Å². The predicted octanol–water partition coefficient (Wildman–Crippen LogP) is 2.85. The average molecular weight is 316 g/mol. The molecule has 3 fully saturated rings. The summed E-state index contributed by atoms with van der Waals surface area (Å²) in [6.07, 6.45) is 4.22. The van der Waals surface area contributed by atoms with Crippen molar-refractivity contribution < 1.29 is 4.79 Å². The van der Waals surface area contributed by atoms with Gasteiger partial charge in [0.1, 0.15) is 4.83 Å². The Morgan fingerprint density at radius 2 is 2.27 bits per heavy atom. The second-order valence-corrected chi connectivity index (χ2v) is 7.29. The lowest BCUT2D eigenvalue weighted by molar-refractivity contribution is 0.0336. The number of aromatic nitrogens is 1. The number of thiophene rings is 1. The molecular formula is C16H20N4OS. The van der Waals surface area contributed by atoms with Crippen LogP contribution in [0.2, 0.25) is 0 Å². The number of carbonyl (C=O) groups is 1. The molecule has 2 aromatic rings. The van der Waals surface area contributed by atoms with Gasteiger partial charge < -0.3 is 9.80 Å². The van der Waals surface area contributed by atoms with Crippen LogP contribution in [0, 0.1) is 5.92 Å². The Morgan fingerprint density at radius 3 is 2.95 bits per heavy atom. The zero-order valence-corrected chi connectivity index (χ0v) is 13.5. The molecule has 0 aliphatic carbocycles. The SMILES string of the molecule is CN(C(=O)Nc1cc2cccnc2s1)C1CN2CCC1CC2. The third kappa shape index (κ3) is 2.46. The van der Waals surface area contributed by atoms with Crippen LogP contribution >= 0.6 is 11.3 Å². The number of pyridine rings is 1. The van der Waals surface area contributed by atoms with Gasteiger partial charge in [-0.25, -0.2) is 9.78 Å². The monoisotopic (exact) mass is 316 g/mol. The molecule has 2 aromatic heterocycles. The summed E-state index contributed by atoms with van der Waals surface area (Å²) >= 11 is 1.52. The molecule has 0 aromatic carbocycles. The highest BCUT2D eigenvalue weighted by atomic mass is 32.1. The van der Waals surface area contributed by atoms with E-state index in [0.717, 1.165) is 21.8 Å². The number of carbonyl (C=O) groups excluding carboxylic acids is 1. The number of nitrogens with zero attached hydrogens (tertiary/aromatic N) is 3. The van der Waals surface area contributed by atoms with Gasteiger partial charge in [0, 0.05) is 31.2 Å². The molecule has 2 bridgehead atoms. The summed E-state index contributed by atoms with van der Waals surface area (Å²) in [6, 6.07) is 6.26. The van der Waals surface area contributed by atoms with E-state index in [1.807, 2.05) is 30.1 Å². The van der Waals surface area contributed by atoms with Crippen molar-refractivity contribution in [3.8, 4) is 0 Å². The summed E-state index contributed by atoms with van der Waals surface area (Å²) < 4.78 is 0. The number of amides is 2. The van der Waals surface area contributed by atoms with Gasteiger partial charge in [-0.05, 0) is 44.0 Å². The maximum atomic E-state index is 12.5. The van der Waals surface area contributed by atoms with Gasteiger partial charge in [0.15, 0.2) is 0 Å². The zero-order valence-electron chi connectivity index (χ0n) is 12.7. The van der Waals surface area contributed by atoms with Crippen LogP contribution in [0.4, 0.5) is 9.80 Å². The summed E-state index contributed by atoms with van der Waals surface area (Å²) in [5.74, 6) is 0.657. The van der Waals surface area contributed by atoms with Gasteiger partial charge in [-0.15, -0.1) is 0 Å². The van der Waals surface area contributed by atoms with E-state index >= 15 is 0 Å². The van der Waals surface area contributed by atoms with Crippen LogP contribution in [-0.2, 0) is 0 Å². The van der Waals surface area contributed by atoms with Crippen molar-refractivity contribution in [2.24, 2.45) is 5.92 Å². The first kappa shape index (κ1) is 14.0. The molecule has 3 saturated heterocycles. The van der Waals surface area contributed by atoms with Gasteiger partial charge in [0.05, 0.1) is 5.00 Å². The predicted molar refractivity (Wildman–Crippen MR) is 89.4 cm³/mol. The molecule has 5 nitrogen and oxygen atoms in total. The number of likely N-dealkylation sites (N-methyl/N-ethyl adjacent to an activating group) is 1. The van der Waals surface area contributed by atoms with Crippen molar-refractivity contribution >= 4 is 32.6 Å². The number of hydrogen-bond donors (Lipinski definition) is 1. The van der Waals surface area contributed by atoms with Crippen molar-refractivity contribution in [2.45, 2.75) is 18.9 Å². The minimum Gasteiger partial charge on any atom is -0.323 e. The Bertz CT molecular complexity index is 659. The molecule has 2 amide bonds. The van der Waals surface area contributed by atoms with E-state index in [9.17, 15) is 4.79 Å². The third-order valence-electron chi connectivity index (χ3n) is 4.96. The Morgan fingerprint density at radius 1 is 1.45 bits per heavy atom. The van der Waals surface area contributed by atoms with Crippen LogP contribution in [-0.4, -0.2) is 53.5 Å². The van der Waals surface area contributed by atoms with E-state index in [4.69, 9.17) is 0 Å². The fourth-order valence-electron chi connectivity index (χ4n) is 3.65. The smallest absolute Gasteiger partial charge is 0.322 e. The summed E-state index contributed by atoms with van der Waals surface area (Å²) in [5, 5.41) is 4.98. The largest absolute Gasteiger partial charge is 0.323 e. The molecule has 1 atom stereocenters. The summed E-state index contributed by atoms with van der Waals surface area (Å²) in [7, 11) is 1.92. The van der Waals surface area contributed by atoms with E-state index in [1.54, 1.807) is 6.20 Å². The minimum absolute atomic E-state index is 0.00898. The third-order valence-corrected chi connectivity index (χ3v) is 5.94. The minimum atomic E-state index is -0.00898. The second-order valence-electron chi connectivity index (χ2n) is 6.25. The Kier molecular flexibility index (Phi) is 3.50. The second kappa shape index (κ2) is 5.52. The zero-order chi connectivity index (χ0) is 15.1. The maximum Gasteiger partial charge on any atom is 0.322 e. The Labute approximate surface area is 133 Å². The van der Waals surface area contributed by atoms with E-state index in [1.165, 1.54) is 37.3 Å². The lowest BCUT2D eigenvalue weighted by Gasteiger charge is -2.47. The molecule has 5 rings (SSSR count). The molecule has 1 N–H and O–H groups in total. The van der Waals surface area contributed by atoms with Crippen LogP contribution < -0.4 is 5.32 Å². The molecule has 0 saturated carbocycles. The summed E-state index contributed by atoms with van der Waals surface area (Å²) in [6.45, 7) is 3.40. The highest BCUT2D eigenvalue weighted by Gasteiger charge is 2.37. The average Bonchev–Trinajstić information content (AvgIpc) is 2.97. The molecule has 1 unspecified atom stereocenters. The van der Waals surface area contributed by atoms with Crippen LogP contribution in [0.1, 0.15) is 12.8 Å². The van der Waals surface area contributed by atoms with Crippen LogP contribution in [0.15, 0.2) is 24.4 Å². The fraction of sp³-hybridized carbons (Fsp3) is 0.500. The van der Waals surface area contributed by atoms with Crippen molar-refractivity contribution in [2.75, 3.05) is 32.0 Å². The first-order chi connectivity index (χ1) is 10.7. The van der Waals surface area contributed by atoms with Crippen molar-refractivity contribution in [1.82, 2.24) is 14.8 Å². The summed E-state index contributed by atoms with van der Waals surface area (Å²) in [4.78, 5) is 22.2. The number of hydrogen-bond acceptors (Lipinski definition) is 4. The number of piperidine rings is 3. The Hall–Kier alpha value is -1.66. The van der Waals surface area contributed by atoms with Gasteiger partial charge >= 0.3 is 6.03 Å². The van der Waals surface area contributed by atoms with Crippen molar-refractivity contribution in [1.29, 1.82) is 0 Å². The summed E-state index contributed by atoms with van der Waals surface area (Å²) in [5.41, 5.74) is 0. The molecule has 3 aliphatic rings. The number of fused-ring (bicyclic) bond motifs is 4. The van der Waals surface area contributed by atoms with E-state index < -0.39 is 0 Å². The van der Waals surface area contributed by atoms with Crippen molar-refractivity contribution in [3.05, 3.63) is 24.4 Å². The highest BCUT2D eigenvalue weighted by Crippen LogP contribution is 2.31.